The Morgan fingerprint density at radius 2 is 2.06 bits per heavy atom. The van der Waals surface area contributed by atoms with Gasteiger partial charge in [0.15, 0.2) is 0 Å². The maximum absolute atomic E-state index is 6.30. The number of rotatable bonds is 2. The van der Waals surface area contributed by atoms with Crippen molar-refractivity contribution in [2.45, 2.75) is 43.9 Å². The van der Waals surface area contributed by atoms with E-state index in [1.807, 2.05) is 0 Å². The summed E-state index contributed by atoms with van der Waals surface area (Å²) in [6, 6.07) is 8.66. The molecule has 0 radical (unpaired) electrons. The van der Waals surface area contributed by atoms with Gasteiger partial charge in [-0.1, -0.05) is 47.3 Å². The Kier molecular flexibility index (Phi) is 4.72. The van der Waals surface area contributed by atoms with Gasteiger partial charge in [-0.2, -0.15) is 0 Å². The van der Waals surface area contributed by atoms with Crippen LogP contribution in [0.4, 0.5) is 0 Å². The molecule has 0 saturated heterocycles. The van der Waals surface area contributed by atoms with Gasteiger partial charge in [-0.05, 0) is 42.9 Å². The first-order valence-electron chi connectivity index (χ1n) is 6.12. The van der Waals surface area contributed by atoms with Crippen LogP contribution in [0.25, 0.3) is 0 Å². The molecule has 1 saturated carbocycles. The smallest absolute Gasteiger partial charge is 0.0338 e. The molecule has 0 heterocycles. The second-order valence-electron chi connectivity index (χ2n) is 4.82. The Bertz CT molecular complexity index is 337. The molecule has 1 aromatic rings. The van der Waals surface area contributed by atoms with Crippen molar-refractivity contribution in [1.82, 2.24) is 0 Å². The van der Waals surface area contributed by atoms with Gasteiger partial charge in [-0.3, -0.25) is 0 Å². The van der Waals surface area contributed by atoms with Crippen molar-refractivity contribution in [1.29, 1.82) is 0 Å². The highest BCUT2D eigenvalue weighted by Crippen LogP contribution is 2.29. The minimum Gasteiger partial charge on any atom is -0.123 e. The van der Waals surface area contributed by atoms with Crippen molar-refractivity contribution in [3.05, 3.63) is 34.3 Å². The van der Waals surface area contributed by atoms with E-state index in [1.165, 1.54) is 48.6 Å². The first kappa shape index (κ1) is 12.4. The second kappa shape index (κ2) is 6.07. The molecule has 0 spiro atoms. The van der Waals surface area contributed by atoms with E-state index in [1.54, 1.807) is 0 Å². The molecule has 1 fully saturated rings. The average molecular weight is 302 g/mol. The highest BCUT2D eigenvalue weighted by atomic mass is 79.9. The van der Waals surface area contributed by atoms with E-state index in [0.29, 0.717) is 5.38 Å². The monoisotopic (exact) mass is 300 g/mol. The van der Waals surface area contributed by atoms with Gasteiger partial charge in [-0.15, -0.1) is 11.6 Å². The molecule has 2 atom stereocenters. The van der Waals surface area contributed by atoms with Crippen LogP contribution in [0.2, 0.25) is 0 Å². The van der Waals surface area contributed by atoms with Gasteiger partial charge in [0.05, 0.1) is 0 Å². The van der Waals surface area contributed by atoms with Gasteiger partial charge in [0.1, 0.15) is 0 Å². The number of alkyl halides is 1. The second-order valence-corrected chi connectivity index (χ2v) is 6.35. The zero-order valence-electron chi connectivity index (χ0n) is 9.46. The number of halogens is 2. The van der Waals surface area contributed by atoms with E-state index < -0.39 is 0 Å². The van der Waals surface area contributed by atoms with Gasteiger partial charge in [0, 0.05) is 9.85 Å². The molecule has 88 valence electrons. The molecule has 16 heavy (non-hydrogen) atoms. The summed E-state index contributed by atoms with van der Waals surface area (Å²) in [6.45, 7) is 0. The van der Waals surface area contributed by atoms with E-state index in [9.17, 15) is 0 Å². The maximum atomic E-state index is 6.30. The van der Waals surface area contributed by atoms with Crippen molar-refractivity contribution < 1.29 is 0 Å². The van der Waals surface area contributed by atoms with Gasteiger partial charge >= 0.3 is 0 Å². The molecule has 0 aromatic heterocycles. The minimum absolute atomic E-state index is 0.402. The third-order valence-corrected chi connectivity index (χ3v) is 4.27. The van der Waals surface area contributed by atoms with Gasteiger partial charge in [-0.25, -0.2) is 0 Å². The molecule has 0 aliphatic heterocycles. The summed E-state index contributed by atoms with van der Waals surface area (Å²) in [5.74, 6) is 0.777. The Labute approximate surface area is 112 Å². The first-order valence-corrected chi connectivity index (χ1v) is 7.35. The van der Waals surface area contributed by atoms with Gasteiger partial charge < -0.3 is 0 Å². The lowest BCUT2D eigenvalue weighted by molar-refractivity contribution is 0.460. The molecule has 0 amide bonds. The predicted molar refractivity (Wildman–Crippen MR) is 74.1 cm³/mol. The Balaban J connectivity index is 1.97. The van der Waals surface area contributed by atoms with Crippen LogP contribution in [0.3, 0.4) is 0 Å². The SMILES string of the molecule is ClC1CCCCC(Cc2cccc(Br)c2)C1. The van der Waals surface area contributed by atoms with E-state index in [0.717, 1.165) is 5.92 Å². The van der Waals surface area contributed by atoms with Gasteiger partial charge in [0.25, 0.3) is 0 Å². The Hall–Kier alpha value is -0.0100. The van der Waals surface area contributed by atoms with Crippen LogP contribution in [0.5, 0.6) is 0 Å². The molecule has 1 aromatic carbocycles. The van der Waals surface area contributed by atoms with E-state index >= 15 is 0 Å². The van der Waals surface area contributed by atoms with Gasteiger partial charge in [0.2, 0.25) is 0 Å². The highest BCUT2D eigenvalue weighted by molar-refractivity contribution is 9.10. The largest absolute Gasteiger partial charge is 0.123 e. The quantitative estimate of drug-likeness (QED) is 0.521. The zero-order valence-corrected chi connectivity index (χ0v) is 11.8. The topological polar surface area (TPSA) is 0 Å². The average Bonchev–Trinajstić information content (AvgIpc) is 2.43. The van der Waals surface area contributed by atoms with Crippen LogP contribution in [-0.2, 0) is 6.42 Å². The number of benzene rings is 1. The molecular weight excluding hydrogens is 284 g/mol. The fraction of sp³-hybridized carbons (Fsp3) is 0.571. The third kappa shape index (κ3) is 3.78. The minimum atomic E-state index is 0.402. The first-order chi connectivity index (χ1) is 7.74. The summed E-state index contributed by atoms with van der Waals surface area (Å²) >= 11 is 9.83. The summed E-state index contributed by atoms with van der Waals surface area (Å²) in [5, 5.41) is 0.402. The van der Waals surface area contributed by atoms with E-state index in [-0.39, 0.29) is 0 Å². The van der Waals surface area contributed by atoms with Crippen molar-refractivity contribution >= 4 is 27.5 Å². The fourth-order valence-corrected chi connectivity index (χ4v) is 3.43. The number of hydrogen-bond acceptors (Lipinski definition) is 0. The van der Waals surface area contributed by atoms with Crippen LogP contribution in [0, 0.1) is 5.92 Å². The van der Waals surface area contributed by atoms with Crippen molar-refractivity contribution in [3.63, 3.8) is 0 Å². The fourth-order valence-electron chi connectivity index (χ4n) is 2.58. The van der Waals surface area contributed by atoms with Crippen LogP contribution in [0.15, 0.2) is 28.7 Å². The van der Waals surface area contributed by atoms with Crippen LogP contribution in [-0.4, -0.2) is 5.38 Å². The lowest BCUT2D eigenvalue weighted by Gasteiger charge is -2.16. The molecule has 2 rings (SSSR count). The molecule has 0 bridgehead atoms. The Morgan fingerprint density at radius 1 is 1.25 bits per heavy atom. The molecule has 2 unspecified atom stereocenters. The van der Waals surface area contributed by atoms with Crippen molar-refractivity contribution in [2.75, 3.05) is 0 Å². The molecule has 0 N–H and O–H groups in total. The lowest BCUT2D eigenvalue weighted by atomic mass is 9.92. The Morgan fingerprint density at radius 3 is 2.88 bits per heavy atom. The summed E-state index contributed by atoms with van der Waals surface area (Å²) in [4.78, 5) is 0. The molecule has 0 nitrogen and oxygen atoms in total. The van der Waals surface area contributed by atoms with Crippen molar-refractivity contribution in [2.24, 2.45) is 5.92 Å². The molecule has 2 heteroatoms. The molecule has 1 aliphatic carbocycles. The van der Waals surface area contributed by atoms with Crippen LogP contribution < -0.4 is 0 Å². The number of hydrogen-bond donors (Lipinski definition) is 0. The summed E-state index contributed by atoms with van der Waals surface area (Å²) in [6.07, 6.45) is 7.58. The van der Waals surface area contributed by atoms with E-state index in [4.69, 9.17) is 11.6 Å². The zero-order chi connectivity index (χ0) is 11.4. The summed E-state index contributed by atoms with van der Waals surface area (Å²) < 4.78 is 1.18. The maximum Gasteiger partial charge on any atom is 0.0338 e. The van der Waals surface area contributed by atoms with Crippen molar-refractivity contribution in [3.8, 4) is 0 Å². The van der Waals surface area contributed by atoms with Crippen LogP contribution in [0.1, 0.15) is 37.7 Å². The normalized spacial score (nSPS) is 26.4. The summed E-state index contributed by atoms with van der Waals surface area (Å²) in [7, 11) is 0. The predicted octanol–water partition coefficient (Wildman–Crippen LogP) is 5.18. The summed E-state index contributed by atoms with van der Waals surface area (Å²) in [5.41, 5.74) is 1.44. The van der Waals surface area contributed by atoms with Crippen LogP contribution >= 0.6 is 27.5 Å². The lowest BCUT2D eigenvalue weighted by Crippen LogP contribution is -2.08. The standard InChI is InChI=1S/C14H18BrCl/c15-13-6-3-5-11(9-13)8-12-4-1-2-7-14(16)10-12/h3,5-6,9,12,14H,1-2,4,7-8,10H2. The third-order valence-electron chi connectivity index (χ3n) is 3.38. The van der Waals surface area contributed by atoms with E-state index in [2.05, 4.69) is 40.2 Å². The highest BCUT2D eigenvalue weighted by Gasteiger charge is 2.18. The molecule has 1 aliphatic rings. The molecular formula is C14H18BrCl.